The molecule has 0 aliphatic carbocycles. The minimum atomic E-state index is -3.26. The molecule has 2 rings (SSSR count). The zero-order chi connectivity index (χ0) is 15.6. The van der Waals surface area contributed by atoms with E-state index in [4.69, 9.17) is 10.4 Å². The van der Waals surface area contributed by atoms with Crippen LogP contribution in [0.1, 0.15) is 17.7 Å². The molecule has 2 heterocycles. The van der Waals surface area contributed by atoms with Crippen LogP contribution >= 0.6 is 0 Å². The van der Waals surface area contributed by atoms with E-state index in [2.05, 4.69) is 4.98 Å². The Bertz CT molecular complexity index is 709. The lowest BCUT2D eigenvalue weighted by Crippen LogP contribution is -2.50. The number of rotatable bonds is 3. The number of pyridine rings is 1. The number of nitrogens with zero attached hydrogens (tertiary/aromatic N) is 3. The van der Waals surface area contributed by atoms with Crippen LogP contribution in [0.15, 0.2) is 12.1 Å². The Morgan fingerprint density at radius 2 is 2.29 bits per heavy atom. The van der Waals surface area contributed by atoms with Crippen molar-refractivity contribution in [2.24, 2.45) is 0 Å². The topological polar surface area (TPSA) is 111 Å². The molecule has 1 saturated heterocycles. The van der Waals surface area contributed by atoms with E-state index < -0.39 is 21.8 Å². The zero-order valence-corrected chi connectivity index (χ0v) is 12.3. The summed E-state index contributed by atoms with van der Waals surface area (Å²) in [6, 6.07) is 4.61. The molecule has 1 aliphatic heterocycles. The quantitative estimate of drug-likeness (QED) is 0.856. The molecule has 0 saturated carbocycles. The largest absolute Gasteiger partial charge is 0.481 e. The fourth-order valence-corrected chi connectivity index (χ4v) is 3.91. The highest BCUT2D eigenvalue weighted by molar-refractivity contribution is 7.91. The van der Waals surface area contributed by atoms with E-state index in [0.29, 0.717) is 17.1 Å². The molecule has 1 unspecified atom stereocenters. The fraction of sp³-hybridized carbons (Fsp3) is 0.462. The molecule has 1 aromatic heterocycles. The highest BCUT2D eigenvalue weighted by Crippen LogP contribution is 2.25. The summed E-state index contributed by atoms with van der Waals surface area (Å²) in [5.41, 5.74) is 1.00. The average Bonchev–Trinajstić information content (AvgIpc) is 2.37. The van der Waals surface area contributed by atoms with Crippen molar-refractivity contribution in [3.05, 3.63) is 23.4 Å². The van der Waals surface area contributed by atoms with Gasteiger partial charge in [0.05, 0.1) is 29.5 Å². The molecule has 112 valence electrons. The Kier molecular flexibility index (Phi) is 4.14. The molecule has 1 atom stereocenters. The van der Waals surface area contributed by atoms with Gasteiger partial charge in [-0.1, -0.05) is 0 Å². The molecule has 21 heavy (non-hydrogen) atoms. The van der Waals surface area contributed by atoms with Gasteiger partial charge in [0.25, 0.3) is 0 Å². The maximum atomic E-state index is 11.7. The molecule has 7 nitrogen and oxygen atoms in total. The number of hydrogen-bond donors (Lipinski definition) is 1. The van der Waals surface area contributed by atoms with Crippen LogP contribution in [-0.2, 0) is 14.6 Å². The van der Waals surface area contributed by atoms with Gasteiger partial charge in [-0.3, -0.25) is 4.79 Å². The summed E-state index contributed by atoms with van der Waals surface area (Å²) >= 11 is 0. The van der Waals surface area contributed by atoms with Crippen molar-refractivity contribution in [2.45, 2.75) is 19.4 Å². The number of sulfone groups is 1. The third-order valence-corrected chi connectivity index (χ3v) is 5.04. The number of anilines is 1. The van der Waals surface area contributed by atoms with E-state index in [-0.39, 0.29) is 24.5 Å². The highest BCUT2D eigenvalue weighted by atomic mass is 32.2. The number of carboxylic acid groups (broad SMARTS) is 1. The van der Waals surface area contributed by atoms with Gasteiger partial charge in [-0.25, -0.2) is 13.4 Å². The molecule has 1 fully saturated rings. The molecule has 0 bridgehead atoms. The van der Waals surface area contributed by atoms with Crippen LogP contribution in [0.5, 0.6) is 0 Å². The SMILES string of the molecule is Cc1ccc(C#N)c(N2CCS(=O)(=O)CC2CC(=O)O)n1. The highest BCUT2D eigenvalue weighted by Gasteiger charge is 2.34. The maximum Gasteiger partial charge on any atom is 0.305 e. The lowest BCUT2D eigenvalue weighted by Gasteiger charge is -2.36. The summed E-state index contributed by atoms with van der Waals surface area (Å²) in [6.45, 7) is 1.91. The lowest BCUT2D eigenvalue weighted by atomic mass is 10.1. The van der Waals surface area contributed by atoms with E-state index >= 15 is 0 Å². The molecular weight excluding hydrogens is 294 g/mol. The lowest BCUT2D eigenvalue weighted by molar-refractivity contribution is -0.137. The van der Waals surface area contributed by atoms with Gasteiger partial charge in [0.2, 0.25) is 0 Å². The first-order chi connectivity index (χ1) is 9.82. The van der Waals surface area contributed by atoms with Crippen molar-refractivity contribution in [3.8, 4) is 6.07 Å². The fourth-order valence-electron chi connectivity index (χ4n) is 2.39. The second kappa shape index (κ2) is 5.69. The van der Waals surface area contributed by atoms with E-state index in [1.54, 1.807) is 24.0 Å². The molecule has 0 amide bonds. The average molecular weight is 309 g/mol. The molecule has 1 aliphatic rings. The third kappa shape index (κ3) is 3.49. The van der Waals surface area contributed by atoms with Crippen LogP contribution < -0.4 is 4.90 Å². The van der Waals surface area contributed by atoms with Crippen molar-refractivity contribution in [1.29, 1.82) is 5.26 Å². The Morgan fingerprint density at radius 1 is 1.57 bits per heavy atom. The molecule has 0 radical (unpaired) electrons. The molecule has 0 aromatic carbocycles. The predicted octanol–water partition coefficient (Wildman–Crippen LogP) is 0.340. The Hall–Kier alpha value is -2.14. The van der Waals surface area contributed by atoms with Crippen LogP contribution in [0.3, 0.4) is 0 Å². The van der Waals surface area contributed by atoms with Crippen LogP contribution in [0.25, 0.3) is 0 Å². The monoisotopic (exact) mass is 309 g/mol. The Labute approximate surface area is 122 Å². The van der Waals surface area contributed by atoms with Gasteiger partial charge in [-0.2, -0.15) is 5.26 Å². The summed E-state index contributed by atoms with van der Waals surface area (Å²) in [5.74, 6) is -1.02. The maximum absolute atomic E-state index is 11.7. The van der Waals surface area contributed by atoms with Crippen molar-refractivity contribution in [1.82, 2.24) is 4.98 Å². The third-order valence-electron chi connectivity index (χ3n) is 3.35. The van der Waals surface area contributed by atoms with Gasteiger partial charge in [0.15, 0.2) is 9.84 Å². The number of aromatic nitrogens is 1. The number of hydrogen-bond acceptors (Lipinski definition) is 6. The first-order valence-corrected chi connectivity index (χ1v) is 8.21. The number of aliphatic carboxylic acids is 1. The first kappa shape index (κ1) is 15.3. The minimum Gasteiger partial charge on any atom is -0.481 e. The van der Waals surface area contributed by atoms with Gasteiger partial charge >= 0.3 is 5.97 Å². The Balaban J connectivity index is 2.43. The normalized spacial score (nSPS) is 20.8. The standard InChI is InChI=1S/C13H15N3O4S/c1-9-2-3-10(7-14)13(15-9)16-4-5-21(19,20)8-11(16)6-12(17)18/h2-3,11H,4-6,8H2,1H3,(H,17,18). The van der Waals surface area contributed by atoms with Crippen molar-refractivity contribution >= 4 is 21.6 Å². The first-order valence-electron chi connectivity index (χ1n) is 6.39. The van der Waals surface area contributed by atoms with Crippen molar-refractivity contribution in [3.63, 3.8) is 0 Å². The predicted molar refractivity (Wildman–Crippen MR) is 75.7 cm³/mol. The van der Waals surface area contributed by atoms with Gasteiger partial charge in [-0.15, -0.1) is 0 Å². The molecular formula is C13H15N3O4S. The van der Waals surface area contributed by atoms with Crippen molar-refractivity contribution in [2.75, 3.05) is 23.0 Å². The zero-order valence-electron chi connectivity index (χ0n) is 11.5. The van der Waals surface area contributed by atoms with Gasteiger partial charge in [-0.05, 0) is 19.1 Å². The number of carbonyl (C=O) groups is 1. The van der Waals surface area contributed by atoms with Gasteiger partial charge < -0.3 is 10.0 Å². The molecule has 8 heteroatoms. The van der Waals surface area contributed by atoms with Gasteiger partial charge in [0.1, 0.15) is 11.9 Å². The number of carboxylic acids is 1. The van der Waals surface area contributed by atoms with E-state index in [9.17, 15) is 13.2 Å². The minimum absolute atomic E-state index is 0.0659. The smallest absolute Gasteiger partial charge is 0.305 e. The van der Waals surface area contributed by atoms with Crippen LogP contribution in [0, 0.1) is 18.3 Å². The summed E-state index contributed by atoms with van der Waals surface area (Å²) < 4.78 is 23.5. The molecule has 1 aromatic rings. The molecule has 1 N–H and O–H groups in total. The summed E-state index contributed by atoms with van der Waals surface area (Å²) in [4.78, 5) is 16.9. The Morgan fingerprint density at radius 3 is 2.90 bits per heavy atom. The molecule has 0 spiro atoms. The number of nitriles is 1. The van der Waals surface area contributed by atoms with Crippen LogP contribution in [0.4, 0.5) is 5.82 Å². The van der Waals surface area contributed by atoms with E-state index in [1.165, 1.54) is 0 Å². The number of aryl methyl sites for hydroxylation is 1. The van der Waals surface area contributed by atoms with E-state index in [1.807, 2.05) is 6.07 Å². The van der Waals surface area contributed by atoms with E-state index in [0.717, 1.165) is 0 Å². The second-order valence-electron chi connectivity index (χ2n) is 5.00. The summed E-state index contributed by atoms with van der Waals surface area (Å²) in [6.07, 6.45) is -0.306. The summed E-state index contributed by atoms with van der Waals surface area (Å²) in [7, 11) is -3.26. The van der Waals surface area contributed by atoms with Crippen LogP contribution in [0.2, 0.25) is 0 Å². The van der Waals surface area contributed by atoms with Gasteiger partial charge in [0, 0.05) is 12.2 Å². The second-order valence-corrected chi connectivity index (χ2v) is 7.22. The summed E-state index contributed by atoms with van der Waals surface area (Å²) in [5, 5.41) is 18.1. The van der Waals surface area contributed by atoms with Crippen LogP contribution in [-0.4, -0.2) is 48.6 Å². The van der Waals surface area contributed by atoms with Crippen molar-refractivity contribution < 1.29 is 18.3 Å².